The van der Waals surface area contributed by atoms with Gasteiger partial charge in [0.05, 0.1) is 52.7 Å². The maximum absolute atomic E-state index is 8.68. The molecule has 6 nitrogen and oxygen atoms in total. The monoisotopic (exact) mass is 298 g/mol. The van der Waals surface area contributed by atoms with Gasteiger partial charge in [-0.2, -0.15) is 0 Å². The highest BCUT2D eigenvalue weighted by Crippen LogP contribution is 2.08. The maximum atomic E-state index is 8.68. The van der Waals surface area contributed by atoms with E-state index in [1.807, 2.05) is 0 Å². The van der Waals surface area contributed by atoms with Crippen molar-refractivity contribution in [1.82, 2.24) is 5.32 Å². The van der Waals surface area contributed by atoms with Crippen LogP contribution >= 0.6 is 0 Å². The number of halogens is 1. The van der Waals surface area contributed by atoms with Gasteiger partial charge in [-0.15, -0.1) is 0 Å². The summed E-state index contributed by atoms with van der Waals surface area (Å²) in [6, 6.07) is 0. The molecule has 0 radical (unpaired) electrons. The number of quaternary nitrogens is 1. The van der Waals surface area contributed by atoms with Gasteiger partial charge < -0.3 is 41.9 Å². The lowest BCUT2D eigenvalue weighted by atomic mass is 10.2. The van der Waals surface area contributed by atoms with Crippen LogP contribution in [0.5, 0.6) is 0 Å². The molecule has 0 aromatic carbocycles. The van der Waals surface area contributed by atoms with Crippen molar-refractivity contribution in [3.63, 3.8) is 0 Å². The third-order valence-electron chi connectivity index (χ3n) is 3.42. The lowest BCUT2D eigenvalue weighted by molar-refractivity contribution is -0.930. The second-order valence-corrected chi connectivity index (χ2v) is 4.66. The fraction of sp³-hybridized carbons (Fsp3) is 1.00. The number of nitrogens with one attached hydrogen (secondary N) is 1. The van der Waals surface area contributed by atoms with Gasteiger partial charge in [0.15, 0.2) is 0 Å². The van der Waals surface area contributed by atoms with E-state index in [1.54, 1.807) is 0 Å². The summed E-state index contributed by atoms with van der Waals surface area (Å²) < 4.78 is 11.7. The average molecular weight is 299 g/mol. The first kappa shape index (κ1) is 19.1. The zero-order chi connectivity index (χ0) is 13.1. The summed E-state index contributed by atoms with van der Waals surface area (Å²) in [5.74, 6) is 0. The summed E-state index contributed by atoms with van der Waals surface area (Å²) in [6.07, 6.45) is 0. The molecule has 1 rings (SSSR count). The van der Waals surface area contributed by atoms with E-state index in [0.717, 1.165) is 43.8 Å². The molecule has 1 saturated heterocycles. The van der Waals surface area contributed by atoms with Crippen LogP contribution in [0.15, 0.2) is 0 Å². The van der Waals surface area contributed by atoms with Gasteiger partial charge in [0.2, 0.25) is 0 Å². The number of hydrogen-bond donors (Lipinski definition) is 3. The average Bonchev–Trinajstić information content (AvgIpc) is 2.41. The second-order valence-electron chi connectivity index (χ2n) is 4.66. The number of ether oxygens (including phenoxy) is 2. The molecule has 0 atom stereocenters. The molecule has 0 aromatic rings. The normalized spacial score (nSPS) is 18.0. The zero-order valence-corrected chi connectivity index (χ0v) is 12.3. The van der Waals surface area contributed by atoms with Crippen LogP contribution < -0.4 is 17.7 Å². The number of aliphatic hydroxyl groups is 2. The molecule has 1 heterocycles. The predicted molar refractivity (Wildman–Crippen MR) is 68.4 cm³/mol. The quantitative estimate of drug-likeness (QED) is 0.280. The molecule has 1 fully saturated rings. The first-order valence-corrected chi connectivity index (χ1v) is 6.76. The smallest absolute Gasteiger partial charge is 0.103 e. The molecule has 3 N–H and O–H groups in total. The van der Waals surface area contributed by atoms with Crippen LogP contribution in [0.2, 0.25) is 0 Å². The summed E-state index contributed by atoms with van der Waals surface area (Å²) in [5, 5.41) is 20.7. The van der Waals surface area contributed by atoms with E-state index in [-0.39, 0.29) is 25.6 Å². The van der Waals surface area contributed by atoms with Gasteiger partial charge in [0, 0.05) is 13.1 Å². The van der Waals surface area contributed by atoms with Crippen molar-refractivity contribution in [2.24, 2.45) is 0 Å². The van der Waals surface area contributed by atoms with Gasteiger partial charge >= 0.3 is 0 Å². The van der Waals surface area contributed by atoms with E-state index < -0.39 is 0 Å². The number of piperazine rings is 1. The molecule has 0 amide bonds. The molecule has 0 aliphatic carbocycles. The Morgan fingerprint density at radius 3 is 1.74 bits per heavy atom. The van der Waals surface area contributed by atoms with Gasteiger partial charge in [0.25, 0.3) is 0 Å². The molecule has 1 aliphatic heterocycles. The second kappa shape index (κ2) is 11.8. The van der Waals surface area contributed by atoms with E-state index in [4.69, 9.17) is 19.7 Å². The fourth-order valence-electron chi connectivity index (χ4n) is 2.28. The molecular formula is C12H27ClN2O4. The summed E-state index contributed by atoms with van der Waals surface area (Å²) in [7, 11) is 0. The van der Waals surface area contributed by atoms with Gasteiger partial charge in [-0.25, -0.2) is 0 Å². The van der Waals surface area contributed by atoms with Crippen LogP contribution in [0.25, 0.3) is 0 Å². The Hall–Kier alpha value is 0.0500. The standard InChI is InChI=1S/C12H27N2O4.ClH/c15-7-11-17-9-5-14(3-1-13-2-4-14)6-10-18-12-8-16;/h13,15-16H,1-12H2;1H/q+1;/p-1. The van der Waals surface area contributed by atoms with Gasteiger partial charge in [-0.1, -0.05) is 0 Å². The Bertz CT molecular complexity index is 190. The van der Waals surface area contributed by atoms with Crippen molar-refractivity contribution in [1.29, 1.82) is 0 Å². The Morgan fingerprint density at radius 1 is 0.842 bits per heavy atom. The van der Waals surface area contributed by atoms with E-state index in [0.29, 0.717) is 26.4 Å². The van der Waals surface area contributed by atoms with Crippen molar-refractivity contribution in [2.75, 3.05) is 78.9 Å². The highest BCUT2D eigenvalue weighted by Gasteiger charge is 2.29. The number of aliphatic hydroxyl groups excluding tert-OH is 2. The lowest BCUT2D eigenvalue weighted by Crippen LogP contribution is -3.00. The zero-order valence-electron chi connectivity index (χ0n) is 11.5. The molecular weight excluding hydrogens is 272 g/mol. The minimum absolute atomic E-state index is 0. The van der Waals surface area contributed by atoms with Crippen LogP contribution in [0, 0.1) is 0 Å². The van der Waals surface area contributed by atoms with E-state index in [1.165, 1.54) is 0 Å². The third-order valence-corrected chi connectivity index (χ3v) is 3.42. The van der Waals surface area contributed by atoms with Crippen molar-refractivity contribution in [3.8, 4) is 0 Å². The molecule has 0 spiro atoms. The Balaban J connectivity index is 0.00000324. The van der Waals surface area contributed by atoms with E-state index in [9.17, 15) is 0 Å². The number of rotatable bonds is 10. The Kier molecular flexibility index (Phi) is 11.9. The van der Waals surface area contributed by atoms with Crippen molar-refractivity contribution >= 4 is 0 Å². The Labute approximate surface area is 121 Å². The van der Waals surface area contributed by atoms with Crippen LogP contribution in [-0.4, -0.2) is 93.6 Å². The predicted octanol–water partition coefficient (Wildman–Crippen LogP) is -4.57. The molecule has 1 aliphatic rings. The molecule has 0 aromatic heterocycles. The summed E-state index contributed by atoms with van der Waals surface area (Å²) in [6.45, 7) is 8.52. The van der Waals surface area contributed by atoms with Crippen LogP contribution in [0.4, 0.5) is 0 Å². The first-order valence-electron chi connectivity index (χ1n) is 6.76. The lowest BCUT2D eigenvalue weighted by Gasteiger charge is -2.41. The van der Waals surface area contributed by atoms with Gasteiger partial charge in [-0.3, -0.25) is 0 Å². The van der Waals surface area contributed by atoms with Crippen molar-refractivity contribution < 1.29 is 36.6 Å². The Morgan fingerprint density at radius 2 is 1.32 bits per heavy atom. The molecule has 0 bridgehead atoms. The summed E-state index contributed by atoms with van der Waals surface area (Å²) in [4.78, 5) is 0. The first-order chi connectivity index (χ1) is 8.83. The fourth-order valence-corrected chi connectivity index (χ4v) is 2.28. The minimum atomic E-state index is 0. The number of nitrogens with zero attached hydrogens (tertiary/aromatic N) is 1. The van der Waals surface area contributed by atoms with Crippen molar-refractivity contribution in [2.45, 2.75) is 0 Å². The molecule has 0 unspecified atom stereocenters. The van der Waals surface area contributed by atoms with Crippen LogP contribution in [0.1, 0.15) is 0 Å². The maximum Gasteiger partial charge on any atom is 0.103 e. The molecule has 116 valence electrons. The molecule has 7 heteroatoms. The topological polar surface area (TPSA) is 71.0 Å². The van der Waals surface area contributed by atoms with Crippen molar-refractivity contribution in [3.05, 3.63) is 0 Å². The number of hydrogen-bond acceptors (Lipinski definition) is 5. The largest absolute Gasteiger partial charge is 1.00 e. The van der Waals surface area contributed by atoms with Gasteiger partial charge in [0.1, 0.15) is 13.1 Å². The van der Waals surface area contributed by atoms with Crippen LogP contribution in [0.3, 0.4) is 0 Å². The molecule has 0 saturated carbocycles. The van der Waals surface area contributed by atoms with E-state index >= 15 is 0 Å². The minimum Gasteiger partial charge on any atom is -1.00 e. The van der Waals surface area contributed by atoms with Gasteiger partial charge in [-0.05, 0) is 0 Å². The van der Waals surface area contributed by atoms with Crippen LogP contribution in [-0.2, 0) is 9.47 Å². The van der Waals surface area contributed by atoms with E-state index in [2.05, 4.69) is 5.32 Å². The summed E-state index contributed by atoms with van der Waals surface area (Å²) in [5.41, 5.74) is 0. The highest BCUT2D eigenvalue weighted by molar-refractivity contribution is 4.58. The highest BCUT2D eigenvalue weighted by atomic mass is 35.5. The third kappa shape index (κ3) is 8.04. The summed E-state index contributed by atoms with van der Waals surface area (Å²) >= 11 is 0. The SMILES string of the molecule is OCCOCC[N+]1(CCOCCO)CCNCC1.[Cl-]. The molecule has 19 heavy (non-hydrogen) atoms.